The third-order valence-electron chi connectivity index (χ3n) is 4.85. The number of nitrogens with zero attached hydrogens (tertiary/aromatic N) is 4. The van der Waals surface area contributed by atoms with Gasteiger partial charge in [0.25, 0.3) is 5.91 Å². The molecule has 1 spiro atoms. The summed E-state index contributed by atoms with van der Waals surface area (Å²) >= 11 is 0. The molecule has 0 bridgehead atoms. The molecule has 1 aromatic heterocycles. The smallest absolute Gasteiger partial charge is 0.410 e. The summed E-state index contributed by atoms with van der Waals surface area (Å²) in [4.78, 5) is 47.0. The minimum Gasteiger partial charge on any atom is -0.479 e. The van der Waals surface area contributed by atoms with Crippen LogP contribution in [0, 0.1) is 5.41 Å². The van der Waals surface area contributed by atoms with Gasteiger partial charge >= 0.3 is 6.09 Å². The van der Waals surface area contributed by atoms with Gasteiger partial charge < -0.3 is 19.3 Å². The molecular formula is C18H26N6O5. The summed E-state index contributed by atoms with van der Waals surface area (Å²) in [6.45, 7) is 8.21. The summed E-state index contributed by atoms with van der Waals surface area (Å²) in [6, 6.07) is 0. The Labute approximate surface area is 168 Å². The van der Waals surface area contributed by atoms with E-state index in [1.165, 1.54) is 7.11 Å². The first-order valence-corrected chi connectivity index (χ1v) is 9.30. The number of nitrogens with one attached hydrogen (secondary N) is 2. The van der Waals surface area contributed by atoms with E-state index in [9.17, 15) is 14.4 Å². The number of hydrogen-bond donors (Lipinski definition) is 2. The molecule has 158 valence electrons. The van der Waals surface area contributed by atoms with Crippen molar-refractivity contribution in [1.29, 1.82) is 0 Å². The number of carbonyl (C=O) groups is 3. The van der Waals surface area contributed by atoms with Crippen LogP contribution < -0.4 is 20.5 Å². The van der Waals surface area contributed by atoms with Crippen molar-refractivity contribution < 1.29 is 23.9 Å². The first-order valence-electron chi connectivity index (χ1n) is 9.30. The highest BCUT2D eigenvalue weighted by Crippen LogP contribution is 2.41. The number of likely N-dealkylation sites (tertiary alicyclic amines) is 1. The van der Waals surface area contributed by atoms with Crippen LogP contribution in [-0.2, 0) is 9.53 Å². The third kappa shape index (κ3) is 4.49. The summed E-state index contributed by atoms with van der Waals surface area (Å²) in [5.74, 6) is -0.0285. The lowest BCUT2D eigenvalue weighted by atomic mass is 9.79. The maximum atomic E-state index is 12.2. The lowest BCUT2D eigenvalue weighted by molar-refractivity contribution is -0.110. The van der Waals surface area contributed by atoms with E-state index in [4.69, 9.17) is 9.47 Å². The van der Waals surface area contributed by atoms with Gasteiger partial charge in [-0.1, -0.05) is 0 Å². The SMILES string of the molecule is COc1ncc(N2CCC3(CN(C(=O)OC(C)(C)C)C3)C2)nc1C(=O)NNC=O. The normalized spacial score (nSPS) is 17.5. The van der Waals surface area contributed by atoms with E-state index in [1.807, 2.05) is 25.7 Å². The Morgan fingerprint density at radius 3 is 2.62 bits per heavy atom. The minimum absolute atomic E-state index is 0.0139. The first kappa shape index (κ1) is 20.6. The topological polar surface area (TPSA) is 126 Å². The molecule has 3 heterocycles. The van der Waals surface area contributed by atoms with Crippen LogP contribution in [-0.4, -0.2) is 72.2 Å². The molecule has 29 heavy (non-hydrogen) atoms. The van der Waals surface area contributed by atoms with E-state index in [-0.39, 0.29) is 23.1 Å². The largest absolute Gasteiger partial charge is 0.479 e. The second kappa shape index (κ2) is 7.72. The number of hydrazine groups is 1. The first-order chi connectivity index (χ1) is 13.7. The van der Waals surface area contributed by atoms with Gasteiger partial charge in [-0.3, -0.25) is 20.4 Å². The number of rotatable bonds is 5. The van der Waals surface area contributed by atoms with Crippen molar-refractivity contribution in [2.24, 2.45) is 5.41 Å². The second-order valence-corrected chi connectivity index (χ2v) is 8.31. The Kier molecular flexibility index (Phi) is 5.49. The van der Waals surface area contributed by atoms with Crippen molar-refractivity contribution in [2.75, 3.05) is 38.2 Å². The zero-order chi connectivity index (χ0) is 21.2. The maximum absolute atomic E-state index is 12.2. The van der Waals surface area contributed by atoms with Gasteiger partial charge in [-0.15, -0.1) is 0 Å². The van der Waals surface area contributed by atoms with E-state index in [2.05, 4.69) is 20.8 Å². The van der Waals surface area contributed by atoms with E-state index >= 15 is 0 Å². The number of anilines is 1. The second-order valence-electron chi connectivity index (χ2n) is 8.31. The van der Waals surface area contributed by atoms with Crippen LogP contribution in [0.4, 0.5) is 10.6 Å². The molecule has 0 aliphatic carbocycles. The molecule has 1 aromatic rings. The van der Waals surface area contributed by atoms with Crippen LogP contribution in [0.2, 0.25) is 0 Å². The average Bonchev–Trinajstić information content (AvgIpc) is 3.08. The fraction of sp³-hybridized carbons (Fsp3) is 0.611. The summed E-state index contributed by atoms with van der Waals surface area (Å²) in [7, 11) is 1.39. The third-order valence-corrected chi connectivity index (χ3v) is 4.85. The maximum Gasteiger partial charge on any atom is 0.410 e. The summed E-state index contributed by atoms with van der Waals surface area (Å²) in [6.07, 6.45) is 2.49. The molecule has 2 saturated heterocycles. The van der Waals surface area contributed by atoms with Gasteiger partial charge in [-0.2, -0.15) is 0 Å². The molecule has 3 amide bonds. The number of hydrogen-bond acceptors (Lipinski definition) is 8. The van der Waals surface area contributed by atoms with Gasteiger partial charge in [0.15, 0.2) is 5.69 Å². The summed E-state index contributed by atoms with van der Waals surface area (Å²) in [5, 5.41) is 0. The molecule has 0 atom stereocenters. The number of ether oxygens (including phenoxy) is 2. The Hall–Kier alpha value is -3.11. The molecular weight excluding hydrogens is 380 g/mol. The molecule has 11 nitrogen and oxygen atoms in total. The van der Waals surface area contributed by atoms with Crippen LogP contribution in [0.1, 0.15) is 37.7 Å². The molecule has 2 aliphatic rings. The van der Waals surface area contributed by atoms with E-state index in [1.54, 1.807) is 11.1 Å². The molecule has 0 aromatic carbocycles. The van der Waals surface area contributed by atoms with Crippen molar-refractivity contribution in [1.82, 2.24) is 25.7 Å². The average molecular weight is 406 g/mol. The van der Waals surface area contributed by atoms with E-state index < -0.39 is 11.5 Å². The van der Waals surface area contributed by atoms with Crippen LogP contribution in [0.3, 0.4) is 0 Å². The van der Waals surface area contributed by atoms with Crippen LogP contribution in [0.5, 0.6) is 5.88 Å². The molecule has 2 fully saturated rings. The fourth-order valence-corrected chi connectivity index (χ4v) is 3.58. The van der Waals surface area contributed by atoms with Crippen molar-refractivity contribution in [3.63, 3.8) is 0 Å². The highest BCUT2D eigenvalue weighted by Gasteiger charge is 2.50. The van der Waals surface area contributed by atoms with Gasteiger partial charge in [-0.25, -0.2) is 14.8 Å². The van der Waals surface area contributed by atoms with Crippen LogP contribution in [0.25, 0.3) is 0 Å². The Morgan fingerprint density at radius 1 is 1.28 bits per heavy atom. The van der Waals surface area contributed by atoms with Gasteiger partial charge in [0, 0.05) is 31.6 Å². The lowest BCUT2D eigenvalue weighted by Crippen LogP contribution is -2.60. The van der Waals surface area contributed by atoms with E-state index in [0.717, 1.165) is 13.0 Å². The minimum atomic E-state index is -0.628. The van der Waals surface area contributed by atoms with Crippen LogP contribution >= 0.6 is 0 Å². The molecule has 0 radical (unpaired) electrons. The Bertz CT molecular complexity index is 802. The predicted molar refractivity (Wildman–Crippen MR) is 102 cm³/mol. The van der Waals surface area contributed by atoms with Crippen molar-refractivity contribution in [3.8, 4) is 5.88 Å². The van der Waals surface area contributed by atoms with Gasteiger partial charge in [-0.05, 0) is 27.2 Å². The highest BCUT2D eigenvalue weighted by molar-refractivity contribution is 5.95. The Balaban J connectivity index is 1.65. The predicted octanol–water partition coefficient (Wildman–Crippen LogP) is 0.323. The Morgan fingerprint density at radius 2 is 2.00 bits per heavy atom. The number of carbonyl (C=O) groups excluding carboxylic acids is 3. The van der Waals surface area contributed by atoms with Gasteiger partial charge in [0.05, 0.1) is 13.3 Å². The number of amides is 3. The standard InChI is InChI=1S/C18H26N6O5/c1-17(2,3)29-16(27)24-9-18(10-24)5-6-23(8-18)12-7-19-15(28-4)13(21-12)14(26)22-20-11-25/h7,11H,5-6,8-10H2,1-4H3,(H,20,25)(H,22,26). The molecule has 2 N–H and O–H groups in total. The molecule has 0 saturated carbocycles. The lowest BCUT2D eigenvalue weighted by Gasteiger charge is -2.47. The van der Waals surface area contributed by atoms with Crippen molar-refractivity contribution >= 4 is 24.2 Å². The monoisotopic (exact) mass is 406 g/mol. The summed E-state index contributed by atoms with van der Waals surface area (Å²) < 4.78 is 10.5. The number of methoxy groups -OCH3 is 1. The van der Waals surface area contributed by atoms with Gasteiger partial charge in [0.1, 0.15) is 11.4 Å². The zero-order valence-corrected chi connectivity index (χ0v) is 17.0. The van der Waals surface area contributed by atoms with Crippen molar-refractivity contribution in [2.45, 2.75) is 32.8 Å². The molecule has 3 rings (SSSR count). The summed E-state index contributed by atoms with van der Waals surface area (Å²) in [5.41, 5.74) is 3.73. The molecule has 11 heteroatoms. The number of aromatic nitrogens is 2. The highest BCUT2D eigenvalue weighted by atomic mass is 16.6. The van der Waals surface area contributed by atoms with Crippen LogP contribution in [0.15, 0.2) is 6.20 Å². The molecule has 2 aliphatic heterocycles. The fourth-order valence-electron chi connectivity index (χ4n) is 3.58. The quantitative estimate of drug-likeness (QED) is 0.529. The van der Waals surface area contributed by atoms with Crippen molar-refractivity contribution in [3.05, 3.63) is 11.9 Å². The zero-order valence-electron chi connectivity index (χ0n) is 17.0. The van der Waals surface area contributed by atoms with Gasteiger partial charge in [0.2, 0.25) is 12.3 Å². The van der Waals surface area contributed by atoms with E-state index in [0.29, 0.717) is 31.9 Å². The molecule has 0 unspecified atom stereocenters.